The summed E-state index contributed by atoms with van der Waals surface area (Å²) in [6, 6.07) is 16.0. The zero-order chi connectivity index (χ0) is 30.0. The highest BCUT2D eigenvalue weighted by atomic mass is 32.3. The first-order valence-corrected chi connectivity index (χ1v) is 19.4. The van der Waals surface area contributed by atoms with Crippen molar-refractivity contribution in [1.82, 2.24) is 0 Å². The lowest BCUT2D eigenvalue weighted by molar-refractivity contribution is 0.0449. The van der Waals surface area contributed by atoms with Gasteiger partial charge in [-0.3, -0.25) is 0 Å². The SMILES string of the molecule is BC(C)(CCCC=C)S(C)(C)c1ccc(S(C)(C)CCCOC(=O)c2ccccc2C(=O)OCCC(C)C)cc1. The molecule has 0 heterocycles. The van der Waals surface area contributed by atoms with E-state index in [1.165, 1.54) is 22.6 Å². The molecule has 40 heavy (non-hydrogen) atoms. The number of hydrogen-bond acceptors (Lipinski definition) is 4. The van der Waals surface area contributed by atoms with Gasteiger partial charge >= 0.3 is 11.9 Å². The summed E-state index contributed by atoms with van der Waals surface area (Å²) < 4.78 is 11.2. The molecule has 0 aliphatic heterocycles. The van der Waals surface area contributed by atoms with Crippen molar-refractivity contribution in [2.45, 2.75) is 67.3 Å². The Kier molecular flexibility index (Phi) is 13.0. The fraction of sp³-hybridized carbons (Fsp3) is 0.515. The summed E-state index contributed by atoms with van der Waals surface area (Å²) in [7, 11) is 0.390. The van der Waals surface area contributed by atoms with Crippen LogP contribution < -0.4 is 0 Å². The summed E-state index contributed by atoms with van der Waals surface area (Å²) in [5, 5.41) is 0. The smallest absolute Gasteiger partial charge is 0.339 e. The lowest BCUT2D eigenvalue weighted by Gasteiger charge is -2.48. The van der Waals surface area contributed by atoms with Crippen molar-refractivity contribution >= 4 is 39.8 Å². The van der Waals surface area contributed by atoms with Crippen LogP contribution in [0.4, 0.5) is 0 Å². The fourth-order valence-corrected chi connectivity index (χ4v) is 8.54. The minimum atomic E-state index is -1.04. The number of rotatable bonds is 16. The van der Waals surface area contributed by atoms with Crippen LogP contribution >= 0.6 is 20.1 Å². The van der Waals surface area contributed by atoms with Crippen molar-refractivity contribution in [3.8, 4) is 0 Å². The van der Waals surface area contributed by atoms with E-state index in [2.05, 4.69) is 84.5 Å². The van der Waals surface area contributed by atoms with Gasteiger partial charge in [-0.2, -0.15) is 0 Å². The minimum Gasteiger partial charge on any atom is -0.462 e. The van der Waals surface area contributed by atoms with Crippen molar-refractivity contribution < 1.29 is 19.1 Å². The maximum atomic E-state index is 12.8. The fourth-order valence-electron chi connectivity index (χ4n) is 4.48. The molecule has 0 spiro atoms. The zero-order valence-electron chi connectivity index (χ0n) is 26.1. The molecule has 4 nitrogen and oxygen atoms in total. The van der Waals surface area contributed by atoms with Crippen molar-refractivity contribution in [3.63, 3.8) is 0 Å². The molecule has 1 atom stereocenters. The maximum Gasteiger partial charge on any atom is 0.339 e. The summed E-state index contributed by atoms with van der Waals surface area (Å²) in [6.07, 6.45) is 16.5. The Morgan fingerprint density at radius 1 is 0.900 bits per heavy atom. The van der Waals surface area contributed by atoms with E-state index in [4.69, 9.17) is 9.47 Å². The quantitative estimate of drug-likeness (QED) is 0.0876. The Hall–Kier alpha value is -2.12. The van der Waals surface area contributed by atoms with Crippen LogP contribution in [0, 0.1) is 5.92 Å². The van der Waals surface area contributed by atoms with Crippen LogP contribution in [0.3, 0.4) is 0 Å². The topological polar surface area (TPSA) is 52.6 Å². The number of unbranched alkanes of at least 4 members (excludes halogenated alkanes) is 1. The molecule has 2 aromatic carbocycles. The minimum absolute atomic E-state index is 0.257. The average Bonchev–Trinajstić information content (AvgIpc) is 2.90. The van der Waals surface area contributed by atoms with E-state index >= 15 is 0 Å². The predicted molar refractivity (Wildman–Crippen MR) is 179 cm³/mol. The van der Waals surface area contributed by atoms with Crippen molar-refractivity contribution in [2.24, 2.45) is 5.92 Å². The molecule has 0 N–H and O–H groups in total. The molecule has 7 heteroatoms. The van der Waals surface area contributed by atoms with E-state index in [0.717, 1.165) is 25.0 Å². The summed E-state index contributed by atoms with van der Waals surface area (Å²) in [6.45, 7) is 11.1. The Morgan fingerprint density at radius 3 is 1.95 bits per heavy atom. The standard InChI is InChI=1S/C33H51BO4S2/c1-9-10-13-22-33(4,34)40(7,8)28-19-17-27(18-20-28)39(5,6)25-14-23-37-31(35)29-15-11-12-16-30(29)32(36)38-24-21-26(2)3/h9,11-12,15-20,26H,1,10,13-14,21-25,34H2,2-8H3. The monoisotopic (exact) mass is 586 g/mol. The van der Waals surface area contributed by atoms with Gasteiger partial charge in [-0.05, 0) is 120 Å². The van der Waals surface area contributed by atoms with Gasteiger partial charge in [0.25, 0.3) is 0 Å². The molecular formula is C33H51BO4S2. The van der Waals surface area contributed by atoms with Crippen LogP contribution in [0.25, 0.3) is 0 Å². The first-order valence-electron chi connectivity index (χ1n) is 14.3. The van der Waals surface area contributed by atoms with E-state index in [-0.39, 0.29) is 15.8 Å². The average molecular weight is 587 g/mol. The number of esters is 2. The second-order valence-electron chi connectivity index (χ2n) is 12.3. The second kappa shape index (κ2) is 15.2. The van der Waals surface area contributed by atoms with E-state index in [1.54, 1.807) is 24.3 Å². The van der Waals surface area contributed by atoms with Gasteiger partial charge in [0.1, 0.15) is 7.85 Å². The van der Waals surface area contributed by atoms with Crippen LogP contribution in [0.1, 0.15) is 73.6 Å². The van der Waals surface area contributed by atoms with Gasteiger partial charge in [-0.15, -0.1) is 6.58 Å². The Labute approximate surface area is 247 Å². The van der Waals surface area contributed by atoms with E-state index in [1.807, 2.05) is 6.08 Å². The third-order valence-corrected chi connectivity index (χ3v) is 15.2. The van der Waals surface area contributed by atoms with Crippen LogP contribution in [0.15, 0.2) is 71.0 Å². The summed E-state index contributed by atoms with van der Waals surface area (Å²) >= 11 is 0. The van der Waals surface area contributed by atoms with Gasteiger partial charge in [0.05, 0.1) is 24.3 Å². The number of hydrogen-bond donors (Lipinski definition) is 0. The predicted octanol–water partition coefficient (Wildman–Crippen LogP) is 7.69. The first-order chi connectivity index (χ1) is 18.7. The maximum absolute atomic E-state index is 12.8. The summed E-state index contributed by atoms with van der Waals surface area (Å²) in [5.74, 6) is 0.443. The molecule has 0 fully saturated rings. The van der Waals surface area contributed by atoms with Crippen molar-refractivity contribution in [3.05, 3.63) is 72.3 Å². The van der Waals surface area contributed by atoms with Gasteiger partial charge in [0.2, 0.25) is 0 Å². The number of allylic oxidation sites excluding steroid dienone is 1. The highest BCUT2D eigenvalue weighted by molar-refractivity contribution is 8.34. The van der Waals surface area contributed by atoms with Crippen LogP contribution in [-0.2, 0) is 9.47 Å². The van der Waals surface area contributed by atoms with Gasteiger partial charge < -0.3 is 9.47 Å². The molecule has 1 unspecified atom stereocenters. The highest BCUT2D eigenvalue weighted by Gasteiger charge is 2.33. The van der Waals surface area contributed by atoms with Crippen molar-refractivity contribution in [2.75, 3.05) is 44.0 Å². The molecule has 0 saturated heterocycles. The normalized spacial score (nSPS) is 14.3. The largest absolute Gasteiger partial charge is 0.462 e. The van der Waals surface area contributed by atoms with Gasteiger partial charge in [-0.1, -0.05) is 39.0 Å². The Balaban J connectivity index is 1.95. The number of carbonyl (C=O) groups excluding carboxylic acids is 2. The van der Waals surface area contributed by atoms with Gasteiger partial charge in [0, 0.05) is 0 Å². The Bertz CT molecular complexity index is 1120. The first kappa shape index (κ1) is 34.1. The molecule has 0 bridgehead atoms. The zero-order valence-corrected chi connectivity index (χ0v) is 27.7. The van der Waals surface area contributed by atoms with Gasteiger partial charge in [0.15, 0.2) is 0 Å². The highest BCUT2D eigenvalue weighted by Crippen LogP contribution is 2.61. The molecule has 2 aromatic rings. The molecule has 0 amide bonds. The van der Waals surface area contributed by atoms with E-state index in [0.29, 0.717) is 19.1 Å². The van der Waals surface area contributed by atoms with Crippen LogP contribution in [-0.4, -0.2) is 68.4 Å². The van der Waals surface area contributed by atoms with E-state index < -0.39 is 32.0 Å². The van der Waals surface area contributed by atoms with Crippen LogP contribution in [0.2, 0.25) is 0 Å². The third-order valence-electron chi connectivity index (χ3n) is 7.95. The molecular weight excluding hydrogens is 535 g/mol. The number of ether oxygens (including phenoxy) is 2. The third kappa shape index (κ3) is 9.48. The lowest BCUT2D eigenvalue weighted by atomic mass is 9.83. The Morgan fingerprint density at radius 2 is 1.43 bits per heavy atom. The van der Waals surface area contributed by atoms with Crippen molar-refractivity contribution in [1.29, 1.82) is 0 Å². The van der Waals surface area contributed by atoms with E-state index in [9.17, 15) is 9.59 Å². The molecule has 222 valence electrons. The molecule has 0 aliphatic rings. The molecule has 0 radical (unpaired) electrons. The molecule has 2 rings (SSSR count). The molecule has 0 aromatic heterocycles. The molecule has 0 aliphatic carbocycles. The molecule has 0 saturated carbocycles. The summed E-state index contributed by atoms with van der Waals surface area (Å²) in [4.78, 5) is 28.2. The summed E-state index contributed by atoms with van der Waals surface area (Å²) in [5.41, 5.74) is 0.521. The van der Waals surface area contributed by atoms with Crippen LogP contribution in [0.5, 0.6) is 0 Å². The number of carbonyl (C=O) groups is 2. The second-order valence-corrected chi connectivity index (χ2v) is 20.5. The van der Waals surface area contributed by atoms with Gasteiger partial charge in [-0.25, -0.2) is 29.6 Å². The number of benzene rings is 2. The lowest BCUT2D eigenvalue weighted by Crippen LogP contribution is -2.31.